The molecule has 166 valence electrons. The molecule has 9 heteroatoms. The summed E-state index contributed by atoms with van der Waals surface area (Å²) in [4.78, 5) is 51.1. The first-order valence-electron chi connectivity index (χ1n) is 9.77. The molecule has 0 unspecified atom stereocenters. The minimum absolute atomic E-state index is 0.0353. The molecule has 3 aromatic carbocycles. The Morgan fingerprint density at radius 2 is 1.64 bits per heavy atom. The van der Waals surface area contributed by atoms with Gasteiger partial charge >= 0.3 is 5.97 Å². The van der Waals surface area contributed by atoms with E-state index >= 15 is 0 Å². The number of nitrogens with one attached hydrogen (secondary N) is 1. The fourth-order valence-corrected chi connectivity index (χ4v) is 3.53. The predicted molar refractivity (Wildman–Crippen MR) is 121 cm³/mol. The zero-order valence-corrected chi connectivity index (χ0v) is 18.1. The molecule has 1 N–H and O–H groups in total. The summed E-state index contributed by atoms with van der Waals surface area (Å²) in [6.07, 6.45) is 0. The van der Waals surface area contributed by atoms with Crippen LogP contribution in [0, 0.1) is 0 Å². The smallest absolute Gasteiger partial charge is 0.338 e. The number of hydrogen-bond donors (Lipinski definition) is 1. The molecule has 0 radical (unpaired) electrons. The molecule has 33 heavy (non-hydrogen) atoms. The third-order valence-corrected chi connectivity index (χ3v) is 5.24. The third kappa shape index (κ3) is 4.42. The number of rotatable bonds is 6. The van der Waals surface area contributed by atoms with Crippen LogP contribution in [0.5, 0.6) is 5.75 Å². The first-order chi connectivity index (χ1) is 15.9. The van der Waals surface area contributed by atoms with Gasteiger partial charge in [0.15, 0.2) is 6.61 Å². The summed E-state index contributed by atoms with van der Waals surface area (Å²) in [6, 6.07) is 17.1. The van der Waals surface area contributed by atoms with E-state index < -0.39 is 30.3 Å². The molecule has 0 atom stereocenters. The van der Waals surface area contributed by atoms with Crippen LogP contribution in [-0.2, 0) is 9.53 Å². The van der Waals surface area contributed by atoms with Crippen LogP contribution < -0.4 is 15.0 Å². The standard InChI is InChI=1S/C24H17ClN2O6/c1-32-16-9-7-15(8-10-16)26-21(28)13-33-24(31)14-6-11-17-18(12-14)23(30)27(22(17)29)20-5-3-2-4-19(20)25/h2-12H,13H2,1H3,(H,26,28). The van der Waals surface area contributed by atoms with E-state index in [1.54, 1.807) is 48.5 Å². The number of ether oxygens (including phenoxy) is 2. The van der Waals surface area contributed by atoms with Crippen LogP contribution in [-0.4, -0.2) is 37.4 Å². The van der Waals surface area contributed by atoms with E-state index in [1.807, 2.05) is 0 Å². The Hall–Kier alpha value is -4.17. The number of carbonyl (C=O) groups excluding carboxylic acids is 4. The van der Waals surface area contributed by atoms with Gasteiger partial charge in [0.2, 0.25) is 0 Å². The molecule has 0 spiro atoms. The molecule has 0 aromatic heterocycles. The molecule has 0 saturated carbocycles. The highest BCUT2D eigenvalue weighted by Gasteiger charge is 2.38. The number of carbonyl (C=O) groups is 4. The number of benzene rings is 3. The average molecular weight is 465 g/mol. The molecule has 3 aromatic rings. The van der Waals surface area contributed by atoms with Crippen molar-refractivity contribution in [3.8, 4) is 5.75 Å². The van der Waals surface area contributed by atoms with Crippen LogP contribution in [0.15, 0.2) is 66.7 Å². The van der Waals surface area contributed by atoms with Crippen molar-refractivity contribution in [3.63, 3.8) is 0 Å². The largest absolute Gasteiger partial charge is 0.497 e. The van der Waals surface area contributed by atoms with Gasteiger partial charge in [0.1, 0.15) is 5.75 Å². The second-order valence-electron chi connectivity index (χ2n) is 7.01. The van der Waals surface area contributed by atoms with Crippen LogP contribution in [0.4, 0.5) is 11.4 Å². The van der Waals surface area contributed by atoms with Crippen molar-refractivity contribution >= 4 is 46.7 Å². The Kier molecular flexibility index (Phi) is 6.10. The predicted octanol–water partition coefficient (Wildman–Crippen LogP) is 3.94. The number of imide groups is 1. The van der Waals surface area contributed by atoms with Gasteiger partial charge in [-0.3, -0.25) is 14.4 Å². The lowest BCUT2D eigenvalue weighted by atomic mass is 10.1. The minimum atomic E-state index is -0.806. The highest BCUT2D eigenvalue weighted by Crippen LogP contribution is 2.33. The van der Waals surface area contributed by atoms with Crippen LogP contribution in [0.3, 0.4) is 0 Å². The summed E-state index contributed by atoms with van der Waals surface area (Å²) in [5.74, 6) is -1.85. The van der Waals surface area contributed by atoms with Crippen molar-refractivity contribution in [2.45, 2.75) is 0 Å². The van der Waals surface area contributed by atoms with Gasteiger partial charge in [-0.05, 0) is 54.6 Å². The number of anilines is 2. The molecule has 4 rings (SSSR count). The summed E-state index contributed by atoms with van der Waals surface area (Å²) in [5.41, 5.74) is 1.00. The van der Waals surface area contributed by atoms with Crippen LogP contribution in [0.2, 0.25) is 5.02 Å². The lowest BCUT2D eigenvalue weighted by Gasteiger charge is -2.15. The molecule has 0 aliphatic carbocycles. The van der Waals surface area contributed by atoms with Gasteiger partial charge in [-0.2, -0.15) is 0 Å². The topological polar surface area (TPSA) is 102 Å². The monoisotopic (exact) mass is 464 g/mol. The van der Waals surface area contributed by atoms with Gasteiger partial charge in [-0.15, -0.1) is 0 Å². The quantitative estimate of drug-likeness (QED) is 0.438. The van der Waals surface area contributed by atoms with Crippen molar-refractivity contribution in [2.75, 3.05) is 23.9 Å². The van der Waals surface area contributed by atoms with Gasteiger partial charge in [-0.25, -0.2) is 9.69 Å². The molecular weight excluding hydrogens is 448 g/mol. The zero-order valence-electron chi connectivity index (χ0n) is 17.3. The summed E-state index contributed by atoms with van der Waals surface area (Å²) in [5, 5.41) is 2.84. The Labute approximate surface area is 193 Å². The number of nitrogens with zero attached hydrogens (tertiary/aromatic N) is 1. The van der Waals surface area contributed by atoms with Crippen molar-refractivity contribution in [1.82, 2.24) is 0 Å². The zero-order chi connectivity index (χ0) is 23.5. The number of methoxy groups -OCH3 is 1. The van der Waals surface area contributed by atoms with E-state index in [9.17, 15) is 19.2 Å². The first kappa shape index (κ1) is 22.0. The molecule has 0 fully saturated rings. The van der Waals surface area contributed by atoms with Crippen LogP contribution >= 0.6 is 11.6 Å². The van der Waals surface area contributed by atoms with E-state index in [4.69, 9.17) is 21.1 Å². The summed E-state index contributed by atoms with van der Waals surface area (Å²) < 4.78 is 10.1. The molecule has 1 aliphatic rings. The lowest BCUT2D eigenvalue weighted by Crippen LogP contribution is -2.29. The number of amides is 3. The van der Waals surface area contributed by atoms with E-state index in [2.05, 4.69) is 5.32 Å². The maximum Gasteiger partial charge on any atom is 0.338 e. The number of esters is 1. The van der Waals surface area contributed by atoms with Crippen molar-refractivity contribution in [2.24, 2.45) is 0 Å². The third-order valence-electron chi connectivity index (χ3n) is 4.92. The number of hydrogen-bond acceptors (Lipinski definition) is 6. The summed E-state index contributed by atoms with van der Waals surface area (Å²) >= 11 is 6.14. The Bertz CT molecular complexity index is 1270. The molecule has 8 nitrogen and oxygen atoms in total. The van der Waals surface area contributed by atoms with E-state index in [1.165, 1.54) is 25.3 Å². The number of para-hydroxylation sites is 1. The Balaban J connectivity index is 1.43. The second-order valence-corrected chi connectivity index (χ2v) is 7.42. The molecular formula is C24H17ClN2O6. The fourth-order valence-electron chi connectivity index (χ4n) is 3.31. The van der Waals surface area contributed by atoms with E-state index in [-0.39, 0.29) is 27.4 Å². The minimum Gasteiger partial charge on any atom is -0.497 e. The van der Waals surface area contributed by atoms with Gasteiger partial charge in [0, 0.05) is 5.69 Å². The van der Waals surface area contributed by atoms with Gasteiger partial charge in [0.05, 0.1) is 34.5 Å². The maximum atomic E-state index is 12.9. The maximum absolute atomic E-state index is 12.9. The normalized spacial score (nSPS) is 12.4. The molecule has 3 amide bonds. The van der Waals surface area contributed by atoms with Crippen molar-refractivity contribution in [3.05, 3.63) is 88.4 Å². The summed E-state index contributed by atoms with van der Waals surface area (Å²) in [7, 11) is 1.53. The second kappa shape index (κ2) is 9.13. The highest BCUT2D eigenvalue weighted by atomic mass is 35.5. The average Bonchev–Trinajstić information content (AvgIpc) is 3.07. The molecule has 0 saturated heterocycles. The Morgan fingerprint density at radius 1 is 0.939 bits per heavy atom. The molecule has 0 bridgehead atoms. The highest BCUT2D eigenvalue weighted by molar-refractivity contribution is 6.39. The van der Waals surface area contributed by atoms with Gasteiger partial charge < -0.3 is 14.8 Å². The van der Waals surface area contributed by atoms with Crippen molar-refractivity contribution < 1.29 is 28.7 Å². The fraction of sp³-hybridized carbons (Fsp3) is 0.0833. The summed E-state index contributed by atoms with van der Waals surface area (Å²) in [6.45, 7) is -0.527. The Morgan fingerprint density at radius 3 is 2.33 bits per heavy atom. The van der Waals surface area contributed by atoms with Crippen LogP contribution in [0.25, 0.3) is 0 Å². The van der Waals surface area contributed by atoms with E-state index in [0.29, 0.717) is 11.4 Å². The van der Waals surface area contributed by atoms with Gasteiger partial charge in [0.25, 0.3) is 17.7 Å². The SMILES string of the molecule is COc1ccc(NC(=O)COC(=O)c2ccc3c(c2)C(=O)N(c2ccccc2Cl)C3=O)cc1. The molecule has 1 aliphatic heterocycles. The number of halogens is 1. The van der Waals surface area contributed by atoms with Gasteiger partial charge in [-0.1, -0.05) is 23.7 Å². The van der Waals surface area contributed by atoms with E-state index in [0.717, 1.165) is 4.90 Å². The number of fused-ring (bicyclic) bond motifs is 1. The first-order valence-corrected chi connectivity index (χ1v) is 10.1. The lowest BCUT2D eigenvalue weighted by molar-refractivity contribution is -0.119. The van der Waals surface area contributed by atoms with Crippen molar-refractivity contribution in [1.29, 1.82) is 0 Å². The molecule has 1 heterocycles. The van der Waals surface area contributed by atoms with Crippen LogP contribution in [0.1, 0.15) is 31.1 Å².